The zero-order chi connectivity index (χ0) is 14.5. The molecule has 0 bridgehead atoms. The molecule has 2 aromatic rings. The zero-order valence-corrected chi connectivity index (χ0v) is 11.8. The molecule has 1 saturated heterocycles. The number of phenols is 1. The normalized spacial score (nSPS) is 19.0. The van der Waals surface area contributed by atoms with Crippen LogP contribution in [0.4, 0.5) is 0 Å². The average Bonchev–Trinajstić information content (AvgIpc) is 2.78. The molecule has 1 aromatic carbocycles. The Morgan fingerprint density at radius 3 is 2.62 bits per heavy atom. The molecule has 1 aliphatic rings. The molecule has 5 heteroatoms. The van der Waals surface area contributed by atoms with Crippen molar-refractivity contribution in [3.63, 3.8) is 0 Å². The Balaban J connectivity index is 1.67. The molecule has 1 unspecified atom stereocenters. The van der Waals surface area contributed by atoms with Gasteiger partial charge in [-0.05, 0) is 50.1 Å². The van der Waals surface area contributed by atoms with E-state index in [4.69, 9.17) is 4.74 Å². The van der Waals surface area contributed by atoms with Gasteiger partial charge >= 0.3 is 0 Å². The summed E-state index contributed by atoms with van der Waals surface area (Å²) in [5, 5.41) is 12.7. The number of nitrogens with zero attached hydrogens (tertiary/aromatic N) is 2. The fourth-order valence-electron chi connectivity index (χ4n) is 2.42. The third kappa shape index (κ3) is 3.70. The molecule has 0 saturated carbocycles. The number of phenolic OH excluding ortho intramolecular Hbond substituents is 1. The third-order valence-corrected chi connectivity index (χ3v) is 3.56. The van der Waals surface area contributed by atoms with Gasteiger partial charge < -0.3 is 15.2 Å². The summed E-state index contributed by atoms with van der Waals surface area (Å²) in [6, 6.07) is 6.83. The maximum Gasteiger partial charge on any atom is 0.159 e. The van der Waals surface area contributed by atoms with E-state index in [0.29, 0.717) is 11.6 Å². The number of hydrogen-bond acceptors (Lipinski definition) is 5. The number of rotatable bonds is 3. The van der Waals surface area contributed by atoms with E-state index in [9.17, 15) is 5.11 Å². The minimum absolute atomic E-state index is 0.190. The van der Waals surface area contributed by atoms with Crippen LogP contribution >= 0.6 is 0 Å². The largest absolute Gasteiger partial charge is 0.508 e. The average molecular weight is 285 g/mol. The molecule has 1 fully saturated rings. The van der Waals surface area contributed by atoms with Crippen LogP contribution in [0.3, 0.4) is 0 Å². The highest BCUT2D eigenvalue weighted by Gasteiger charge is 2.13. The van der Waals surface area contributed by atoms with E-state index in [0.717, 1.165) is 25.1 Å². The second-order valence-electron chi connectivity index (χ2n) is 5.23. The number of ether oxygens (including phenoxy) is 1. The first-order valence-corrected chi connectivity index (χ1v) is 7.30. The van der Waals surface area contributed by atoms with Crippen molar-refractivity contribution in [2.45, 2.75) is 25.4 Å². The highest BCUT2D eigenvalue weighted by molar-refractivity contribution is 5.55. The Morgan fingerprint density at radius 1 is 1.10 bits per heavy atom. The van der Waals surface area contributed by atoms with Gasteiger partial charge in [-0.15, -0.1) is 0 Å². The number of hydrogen-bond donors (Lipinski definition) is 2. The molecule has 0 amide bonds. The van der Waals surface area contributed by atoms with Gasteiger partial charge in [-0.1, -0.05) is 0 Å². The van der Waals surface area contributed by atoms with Crippen molar-refractivity contribution in [2.75, 3.05) is 13.1 Å². The Hall–Kier alpha value is -2.14. The fourth-order valence-corrected chi connectivity index (χ4v) is 2.42. The molecule has 0 aliphatic carbocycles. The second-order valence-corrected chi connectivity index (χ2v) is 5.23. The Labute approximate surface area is 124 Å². The summed E-state index contributed by atoms with van der Waals surface area (Å²) in [6.07, 6.45) is 7.06. The van der Waals surface area contributed by atoms with E-state index in [-0.39, 0.29) is 11.9 Å². The van der Waals surface area contributed by atoms with Crippen molar-refractivity contribution < 1.29 is 9.84 Å². The summed E-state index contributed by atoms with van der Waals surface area (Å²) in [4.78, 5) is 8.66. The first kappa shape index (κ1) is 13.8. The van der Waals surface area contributed by atoms with E-state index >= 15 is 0 Å². The molecule has 1 atom stereocenters. The van der Waals surface area contributed by atoms with E-state index in [1.54, 1.807) is 36.7 Å². The highest BCUT2D eigenvalue weighted by atomic mass is 16.5. The van der Waals surface area contributed by atoms with Crippen molar-refractivity contribution in [3.8, 4) is 22.9 Å². The van der Waals surface area contributed by atoms with Gasteiger partial charge in [0.05, 0.1) is 12.4 Å². The zero-order valence-electron chi connectivity index (χ0n) is 11.8. The van der Waals surface area contributed by atoms with Crippen LogP contribution in [0.1, 0.15) is 19.3 Å². The maximum atomic E-state index is 9.29. The van der Waals surface area contributed by atoms with Gasteiger partial charge in [0.1, 0.15) is 11.9 Å². The standard InChI is InChI=1S/C16H19N3O2/c20-13-6-4-12(5-7-13)16-18-10-15(11-19-16)21-14-3-1-2-8-17-9-14/h4-7,10-11,14,17,20H,1-3,8-9H2. The molecule has 5 nitrogen and oxygen atoms in total. The van der Waals surface area contributed by atoms with Crippen LogP contribution in [0.25, 0.3) is 11.4 Å². The van der Waals surface area contributed by atoms with Crippen LogP contribution < -0.4 is 10.1 Å². The smallest absolute Gasteiger partial charge is 0.159 e. The molecule has 2 N–H and O–H groups in total. The van der Waals surface area contributed by atoms with Crippen molar-refractivity contribution in [1.29, 1.82) is 0 Å². The fraction of sp³-hybridized carbons (Fsp3) is 0.375. The lowest BCUT2D eigenvalue weighted by Crippen LogP contribution is -2.29. The van der Waals surface area contributed by atoms with Gasteiger partial charge in [0.2, 0.25) is 0 Å². The van der Waals surface area contributed by atoms with E-state index in [1.807, 2.05) is 0 Å². The predicted molar refractivity (Wildman–Crippen MR) is 80.3 cm³/mol. The van der Waals surface area contributed by atoms with Gasteiger partial charge in [0.25, 0.3) is 0 Å². The minimum Gasteiger partial charge on any atom is -0.508 e. The quantitative estimate of drug-likeness (QED) is 0.906. The van der Waals surface area contributed by atoms with Crippen LogP contribution in [-0.2, 0) is 0 Å². The first-order chi connectivity index (χ1) is 10.3. The number of benzene rings is 1. The molecule has 0 radical (unpaired) electrons. The van der Waals surface area contributed by atoms with Crippen LogP contribution in [0.5, 0.6) is 11.5 Å². The van der Waals surface area contributed by atoms with Gasteiger partial charge in [0.15, 0.2) is 11.6 Å². The highest BCUT2D eigenvalue weighted by Crippen LogP contribution is 2.20. The SMILES string of the molecule is Oc1ccc(-c2ncc(OC3CCCCNC3)cn2)cc1. The van der Waals surface area contributed by atoms with Crippen molar-refractivity contribution in [1.82, 2.24) is 15.3 Å². The van der Waals surface area contributed by atoms with Gasteiger partial charge in [-0.3, -0.25) is 0 Å². The van der Waals surface area contributed by atoms with E-state index in [1.165, 1.54) is 12.8 Å². The predicted octanol–water partition coefficient (Wildman–Crippen LogP) is 2.37. The van der Waals surface area contributed by atoms with Gasteiger partial charge in [-0.25, -0.2) is 9.97 Å². The molecule has 2 heterocycles. The molecule has 3 rings (SSSR count). The summed E-state index contributed by atoms with van der Waals surface area (Å²) >= 11 is 0. The Morgan fingerprint density at radius 2 is 1.86 bits per heavy atom. The molecule has 21 heavy (non-hydrogen) atoms. The lowest BCUT2D eigenvalue weighted by Gasteiger charge is -2.16. The summed E-state index contributed by atoms with van der Waals surface area (Å²) in [5.41, 5.74) is 0.871. The summed E-state index contributed by atoms with van der Waals surface area (Å²) in [7, 11) is 0. The maximum absolute atomic E-state index is 9.29. The van der Waals surface area contributed by atoms with Crippen molar-refractivity contribution in [2.24, 2.45) is 0 Å². The third-order valence-electron chi connectivity index (χ3n) is 3.56. The minimum atomic E-state index is 0.190. The summed E-state index contributed by atoms with van der Waals surface area (Å²) in [6.45, 7) is 1.94. The number of nitrogens with one attached hydrogen (secondary N) is 1. The molecule has 0 spiro atoms. The lowest BCUT2D eigenvalue weighted by molar-refractivity contribution is 0.193. The lowest BCUT2D eigenvalue weighted by atomic mass is 10.2. The van der Waals surface area contributed by atoms with E-state index in [2.05, 4.69) is 15.3 Å². The first-order valence-electron chi connectivity index (χ1n) is 7.30. The van der Waals surface area contributed by atoms with Gasteiger partial charge in [-0.2, -0.15) is 0 Å². The molecular formula is C16H19N3O2. The van der Waals surface area contributed by atoms with Crippen LogP contribution in [0.15, 0.2) is 36.7 Å². The second kappa shape index (κ2) is 6.54. The van der Waals surface area contributed by atoms with Crippen molar-refractivity contribution in [3.05, 3.63) is 36.7 Å². The molecule has 110 valence electrons. The summed E-state index contributed by atoms with van der Waals surface area (Å²) < 4.78 is 5.92. The molecule has 1 aromatic heterocycles. The molecule has 1 aliphatic heterocycles. The Kier molecular flexibility index (Phi) is 4.31. The topological polar surface area (TPSA) is 67.3 Å². The Bertz CT molecular complexity index is 561. The molecular weight excluding hydrogens is 266 g/mol. The monoisotopic (exact) mass is 285 g/mol. The van der Waals surface area contributed by atoms with Gasteiger partial charge in [0, 0.05) is 12.1 Å². The van der Waals surface area contributed by atoms with Crippen LogP contribution in [0, 0.1) is 0 Å². The summed E-state index contributed by atoms with van der Waals surface area (Å²) in [5.74, 6) is 1.56. The van der Waals surface area contributed by atoms with Crippen LogP contribution in [0.2, 0.25) is 0 Å². The van der Waals surface area contributed by atoms with E-state index < -0.39 is 0 Å². The number of aromatic hydroxyl groups is 1. The number of aromatic nitrogens is 2. The van der Waals surface area contributed by atoms with Crippen molar-refractivity contribution >= 4 is 0 Å². The van der Waals surface area contributed by atoms with Crippen LogP contribution in [-0.4, -0.2) is 34.3 Å².